The van der Waals surface area contributed by atoms with Crippen molar-refractivity contribution in [1.82, 2.24) is 0 Å². The van der Waals surface area contributed by atoms with E-state index in [1.807, 2.05) is 13.2 Å². The Morgan fingerprint density at radius 3 is 2.37 bits per heavy atom. The summed E-state index contributed by atoms with van der Waals surface area (Å²) in [6, 6.07) is 11.5. The lowest BCUT2D eigenvalue weighted by Crippen LogP contribution is -2.22. The molecule has 0 aliphatic rings. The Kier molecular flexibility index (Phi) is 7.15. The van der Waals surface area contributed by atoms with E-state index in [-0.39, 0.29) is 16.1 Å². The van der Waals surface area contributed by atoms with Crippen LogP contribution < -0.4 is 14.8 Å². The van der Waals surface area contributed by atoms with Gasteiger partial charge < -0.3 is 10.1 Å². The Morgan fingerprint density at radius 1 is 1.15 bits per heavy atom. The van der Waals surface area contributed by atoms with Crippen LogP contribution in [-0.2, 0) is 14.8 Å². The maximum absolute atomic E-state index is 12.8. The first-order valence-electron chi connectivity index (χ1n) is 8.46. The molecule has 0 saturated heterocycles. The van der Waals surface area contributed by atoms with Crippen molar-refractivity contribution in [2.75, 3.05) is 22.9 Å². The number of nitrogens with one attached hydrogen (secondary N) is 2. The van der Waals surface area contributed by atoms with E-state index >= 15 is 0 Å². The molecule has 6 nitrogen and oxygen atoms in total. The Labute approximate surface area is 164 Å². The zero-order chi connectivity index (χ0) is 20.0. The van der Waals surface area contributed by atoms with Crippen LogP contribution >= 0.6 is 11.8 Å². The molecule has 8 heteroatoms. The molecule has 146 valence electrons. The average molecular weight is 409 g/mol. The summed E-state index contributed by atoms with van der Waals surface area (Å²) in [6.45, 7) is 5.92. The van der Waals surface area contributed by atoms with Gasteiger partial charge in [-0.3, -0.25) is 9.52 Å². The molecule has 0 bridgehead atoms. The molecule has 0 saturated carbocycles. The van der Waals surface area contributed by atoms with Gasteiger partial charge in [-0.25, -0.2) is 8.42 Å². The molecular weight excluding hydrogens is 384 g/mol. The van der Waals surface area contributed by atoms with Crippen molar-refractivity contribution >= 4 is 39.1 Å². The van der Waals surface area contributed by atoms with Crippen LogP contribution in [0.1, 0.15) is 19.4 Å². The van der Waals surface area contributed by atoms with Gasteiger partial charge in [0.05, 0.1) is 16.8 Å². The quantitative estimate of drug-likeness (QED) is 0.692. The minimum Gasteiger partial charge on any atom is -0.494 e. The van der Waals surface area contributed by atoms with Gasteiger partial charge in [-0.05, 0) is 69.0 Å². The van der Waals surface area contributed by atoms with Gasteiger partial charge in [0.15, 0.2) is 0 Å². The highest BCUT2D eigenvalue weighted by Crippen LogP contribution is 2.24. The topological polar surface area (TPSA) is 84.5 Å². The lowest BCUT2D eigenvalue weighted by Gasteiger charge is -2.14. The monoisotopic (exact) mass is 408 g/mol. The largest absolute Gasteiger partial charge is 0.494 e. The number of ether oxygens (including phenoxy) is 1. The van der Waals surface area contributed by atoms with Crippen molar-refractivity contribution in [1.29, 1.82) is 0 Å². The first kappa shape index (κ1) is 21.1. The van der Waals surface area contributed by atoms with Crippen molar-refractivity contribution in [3.05, 3.63) is 48.0 Å². The normalized spacial score (nSPS) is 12.3. The Hall–Kier alpha value is -2.19. The van der Waals surface area contributed by atoms with Crippen LogP contribution in [0.5, 0.6) is 5.75 Å². The van der Waals surface area contributed by atoms with E-state index < -0.39 is 10.0 Å². The lowest BCUT2D eigenvalue weighted by molar-refractivity contribution is -0.115. The second-order valence-corrected chi connectivity index (χ2v) is 8.74. The number of carbonyl (C=O) groups is 1. The summed E-state index contributed by atoms with van der Waals surface area (Å²) in [4.78, 5) is 12.2. The molecule has 1 amide bonds. The zero-order valence-electron chi connectivity index (χ0n) is 15.8. The van der Waals surface area contributed by atoms with Gasteiger partial charge in [0.1, 0.15) is 5.75 Å². The first-order chi connectivity index (χ1) is 12.8. The number of benzene rings is 2. The fourth-order valence-corrected chi connectivity index (χ4v) is 3.92. The summed E-state index contributed by atoms with van der Waals surface area (Å²) in [5.74, 6) is 0.499. The fraction of sp³-hybridized carbons (Fsp3) is 0.316. The number of anilines is 2. The number of hydrogen-bond donors (Lipinski definition) is 2. The third kappa shape index (κ3) is 5.64. The van der Waals surface area contributed by atoms with Gasteiger partial charge in [-0.2, -0.15) is 11.8 Å². The number of carbonyl (C=O) groups excluding carboxylic acids is 1. The van der Waals surface area contributed by atoms with E-state index in [1.54, 1.807) is 50.2 Å². The number of rotatable bonds is 8. The molecule has 1 atom stereocenters. The van der Waals surface area contributed by atoms with Crippen molar-refractivity contribution < 1.29 is 17.9 Å². The second-order valence-electron chi connectivity index (χ2n) is 5.91. The molecule has 0 unspecified atom stereocenters. The van der Waals surface area contributed by atoms with Crippen LogP contribution in [-0.4, -0.2) is 32.4 Å². The van der Waals surface area contributed by atoms with Crippen molar-refractivity contribution in [2.45, 2.75) is 30.9 Å². The van der Waals surface area contributed by atoms with Crippen LogP contribution in [0.25, 0.3) is 0 Å². The van der Waals surface area contributed by atoms with Crippen LogP contribution in [0.15, 0.2) is 47.4 Å². The number of sulfonamides is 1. The van der Waals surface area contributed by atoms with Gasteiger partial charge in [-0.15, -0.1) is 0 Å². The Balaban J connectivity index is 2.24. The number of aryl methyl sites for hydroxylation is 1. The molecule has 27 heavy (non-hydrogen) atoms. The van der Waals surface area contributed by atoms with Crippen molar-refractivity contribution in [2.24, 2.45) is 0 Å². The second kappa shape index (κ2) is 9.14. The van der Waals surface area contributed by atoms with Crippen LogP contribution in [0.4, 0.5) is 11.4 Å². The standard InChI is InChI=1S/C19H24N2O4S2/c1-5-25-17-10-8-15(9-11-17)21-27(23,24)18-12-16(7-6-13(18)2)20-19(22)14(3)26-4/h6-12,14,21H,5H2,1-4H3,(H,20,22)/t14-/m1/s1. The zero-order valence-corrected chi connectivity index (χ0v) is 17.4. The van der Waals surface area contributed by atoms with Gasteiger partial charge in [0.25, 0.3) is 10.0 Å². The van der Waals surface area contributed by atoms with E-state index in [9.17, 15) is 13.2 Å². The van der Waals surface area contributed by atoms with Crippen molar-refractivity contribution in [3.8, 4) is 5.75 Å². The van der Waals surface area contributed by atoms with Gasteiger partial charge >= 0.3 is 0 Å². The summed E-state index contributed by atoms with van der Waals surface area (Å²) in [6.07, 6.45) is 1.84. The van der Waals surface area contributed by atoms with Crippen LogP contribution in [0.2, 0.25) is 0 Å². The smallest absolute Gasteiger partial charge is 0.262 e. The maximum atomic E-state index is 12.8. The van der Waals surface area contributed by atoms with Crippen LogP contribution in [0.3, 0.4) is 0 Å². The van der Waals surface area contributed by atoms with E-state index in [1.165, 1.54) is 17.8 Å². The van der Waals surface area contributed by atoms with Gasteiger partial charge in [0.2, 0.25) is 5.91 Å². The minimum absolute atomic E-state index is 0.117. The fourth-order valence-electron chi connectivity index (χ4n) is 2.31. The third-order valence-electron chi connectivity index (χ3n) is 3.89. The summed E-state index contributed by atoms with van der Waals surface area (Å²) < 4.78 is 33.5. The molecule has 0 heterocycles. The third-order valence-corrected chi connectivity index (χ3v) is 6.33. The van der Waals surface area contributed by atoms with Gasteiger partial charge in [0, 0.05) is 11.4 Å². The molecule has 0 aromatic heterocycles. The Morgan fingerprint density at radius 2 is 1.78 bits per heavy atom. The van der Waals surface area contributed by atoms with E-state index in [2.05, 4.69) is 10.0 Å². The number of thioether (sulfide) groups is 1. The summed E-state index contributed by atoms with van der Waals surface area (Å²) in [7, 11) is -3.80. The predicted molar refractivity (Wildman–Crippen MR) is 111 cm³/mol. The Bertz CT molecular complexity index is 896. The highest BCUT2D eigenvalue weighted by Gasteiger charge is 2.19. The minimum atomic E-state index is -3.80. The summed E-state index contributed by atoms with van der Waals surface area (Å²) in [5, 5.41) is 2.52. The van der Waals surface area contributed by atoms with E-state index in [4.69, 9.17) is 4.74 Å². The molecule has 2 N–H and O–H groups in total. The SMILES string of the molecule is CCOc1ccc(NS(=O)(=O)c2cc(NC(=O)[C@@H](C)SC)ccc2C)cc1. The van der Waals surface area contributed by atoms with E-state index in [0.717, 1.165) is 0 Å². The maximum Gasteiger partial charge on any atom is 0.262 e. The molecule has 0 aliphatic carbocycles. The predicted octanol–water partition coefficient (Wildman–Crippen LogP) is 3.88. The molecule has 0 radical (unpaired) electrons. The molecule has 2 aromatic rings. The molecule has 2 rings (SSSR count). The van der Waals surface area contributed by atoms with E-state index in [0.29, 0.717) is 29.3 Å². The number of amides is 1. The molecule has 2 aromatic carbocycles. The van der Waals surface area contributed by atoms with Gasteiger partial charge in [-0.1, -0.05) is 6.07 Å². The lowest BCUT2D eigenvalue weighted by atomic mass is 10.2. The first-order valence-corrected chi connectivity index (χ1v) is 11.2. The summed E-state index contributed by atoms with van der Waals surface area (Å²) >= 11 is 1.42. The molecular formula is C19H24N2O4S2. The average Bonchev–Trinajstić information content (AvgIpc) is 2.64. The summed E-state index contributed by atoms with van der Waals surface area (Å²) in [5.41, 5.74) is 1.46. The number of hydrogen-bond acceptors (Lipinski definition) is 5. The highest BCUT2D eigenvalue weighted by molar-refractivity contribution is 7.99. The highest BCUT2D eigenvalue weighted by atomic mass is 32.2. The van der Waals surface area contributed by atoms with Crippen molar-refractivity contribution in [3.63, 3.8) is 0 Å². The van der Waals surface area contributed by atoms with Crippen LogP contribution in [0, 0.1) is 6.92 Å². The molecule has 0 fully saturated rings. The molecule has 0 spiro atoms. The molecule has 0 aliphatic heterocycles.